The van der Waals surface area contributed by atoms with E-state index in [4.69, 9.17) is 9.47 Å². The molecule has 1 heterocycles. The topological polar surface area (TPSA) is 55.8 Å². The van der Waals surface area contributed by atoms with E-state index in [0.717, 1.165) is 32.3 Å². The molecule has 1 atom stereocenters. The van der Waals surface area contributed by atoms with E-state index < -0.39 is 0 Å². The highest BCUT2D eigenvalue weighted by atomic mass is 16.5. The van der Waals surface area contributed by atoms with Gasteiger partial charge in [-0.2, -0.15) is 0 Å². The summed E-state index contributed by atoms with van der Waals surface area (Å²) in [6.45, 7) is 1.84. The van der Waals surface area contributed by atoms with Crippen molar-refractivity contribution in [3.63, 3.8) is 0 Å². The zero-order chi connectivity index (χ0) is 15.8. The Balaban J connectivity index is 1.85. The average Bonchev–Trinajstić information content (AvgIpc) is 3.05. The lowest BCUT2D eigenvalue weighted by Crippen LogP contribution is -2.39. The first-order chi connectivity index (χ1) is 10.7. The molecule has 2 rings (SSSR count). The molecule has 0 bridgehead atoms. The first-order valence-electron chi connectivity index (χ1n) is 8.65. The Morgan fingerprint density at radius 1 is 1.14 bits per heavy atom. The van der Waals surface area contributed by atoms with Crippen LogP contribution >= 0.6 is 0 Å². The molecule has 1 aliphatic carbocycles. The molecule has 1 unspecified atom stereocenters. The third-order valence-corrected chi connectivity index (χ3v) is 4.80. The van der Waals surface area contributed by atoms with Crippen molar-refractivity contribution in [1.82, 2.24) is 4.90 Å². The zero-order valence-electron chi connectivity index (χ0n) is 13.7. The van der Waals surface area contributed by atoms with Gasteiger partial charge in [-0.3, -0.25) is 9.59 Å². The summed E-state index contributed by atoms with van der Waals surface area (Å²) in [5.41, 5.74) is 0. The van der Waals surface area contributed by atoms with Crippen LogP contribution in [0.5, 0.6) is 0 Å². The molecule has 0 aromatic carbocycles. The predicted octanol–water partition coefficient (Wildman–Crippen LogP) is 2.53. The van der Waals surface area contributed by atoms with Crippen LogP contribution in [0, 0.1) is 5.92 Å². The molecule has 1 amide bonds. The first-order valence-corrected chi connectivity index (χ1v) is 8.65. The highest BCUT2D eigenvalue weighted by molar-refractivity contribution is 5.77. The Labute approximate surface area is 133 Å². The molecule has 1 saturated carbocycles. The van der Waals surface area contributed by atoms with Crippen molar-refractivity contribution in [2.45, 2.75) is 63.9 Å². The van der Waals surface area contributed by atoms with E-state index in [1.165, 1.54) is 26.4 Å². The van der Waals surface area contributed by atoms with Crippen molar-refractivity contribution >= 4 is 11.9 Å². The van der Waals surface area contributed by atoms with Crippen LogP contribution in [-0.2, 0) is 19.1 Å². The van der Waals surface area contributed by atoms with Gasteiger partial charge in [0.25, 0.3) is 0 Å². The fourth-order valence-corrected chi connectivity index (χ4v) is 3.45. The molecule has 2 aliphatic rings. The highest BCUT2D eigenvalue weighted by Crippen LogP contribution is 2.27. The molecular formula is C17H29NO4. The van der Waals surface area contributed by atoms with Crippen LogP contribution in [0.4, 0.5) is 0 Å². The van der Waals surface area contributed by atoms with E-state index in [9.17, 15) is 9.59 Å². The molecule has 0 aromatic rings. The molecular weight excluding hydrogens is 282 g/mol. The summed E-state index contributed by atoms with van der Waals surface area (Å²) in [6, 6.07) is 0. The maximum Gasteiger partial charge on any atom is 0.307 e. The summed E-state index contributed by atoms with van der Waals surface area (Å²) < 4.78 is 10.3. The molecule has 0 N–H and O–H groups in total. The van der Waals surface area contributed by atoms with Gasteiger partial charge in [0.1, 0.15) is 0 Å². The lowest BCUT2D eigenvalue weighted by molar-refractivity contribution is -0.142. The molecule has 2 fully saturated rings. The van der Waals surface area contributed by atoms with E-state index in [-0.39, 0.29) is 24.4 Å². The molecule has 0 radical (unpaired) electrons. The van der Waals surface area contributed by atoms with Gasteiger partial charge in [-0.05, 0) is 31.6 Å². The second-order valence-electron chi connectivity index (χ2n) is 6.51. The minimum atomic E-state index is -0.261. The fourth-order valence-electron chi connectivity index (χ4n) is 3.45. The summed E-state index contributed by atoms with van der Waals surface area (Å²) in [5.74, 6) is 0.431. The van der Waals surface area contributed by atoms with Gasteiger partial charge < -0.3 is 14.4 Å². The predicted molar refractivity (Wildman–Crippen MR) is 83.4 cm³/mol. The summed E-state index contributed by atoms with van der Waals surface area (Å²) in [5, 5.41) is 0. The Bertz CT molecular complexity index is 360. The number of hydrogen-bond donors (Lipinski definition) is 0. The number of carbonyl (C=O) groups is 2. The molecule has 1 aliphatic heterocycles. The molecule has 0 aromatic heterocycles. The van der Waals surface area contributed by atoms with Crippen LogP contribution in [0.15, 0.2) is 0 Å². The Morgan fingerprint density at radius 2 is 1.91 bits per heavy atom. The van der Waals surface area contributed by atoms with Crippen LogP contribution in [0.25, 0.3) is 0 Å². The van der Waals surface area contributed by atoms with Crippen molar-refractivity contribution < 1.29 is 19.1 Å². The number of hydrogen-bond acceptors (Lipinski definition) is 4. The third kappa shape index (κ3) is 5.59. The molecule has 1 saturated heterocycles. The van der Waals surface area contributed by atoms with Crippen LogP contribution in [0.3, 0.4) is 0 Å². The van der Waals surface area contributed by atoms with E-state index in [0.29, 0.717) is 25.4 Å². The second kappa shape index (κ2) is 9.13. The van der Waals surface area contributed by atoms with Gasteiger partial charge in [-0.1, -0.05) is 19.3 Å². The van der Waals surface area contributed by atoms with Crippen LogP contribution in [0.1, 0.15) is 57.8 Å². The van der Waals surface area contributed by atoms with Gasteiger partial charge in [0.15, 0.2) is 0 Å². The van der Waals surface area contributed by atoms with Crippen molar-refractivity contribution in [1.29, 1.82) is 0 Å². The smallest absolute Gasteiger partial charge is 0.307 e. The number of rotatable bonds is 7. The normalized spacial score (nSPS) is 22.5. The summed E-state index contributed by atoms with van der Waals surface area (Å²) in [7, 11) is 1.39. The third-order valence-electron chi connectivity index (χ3n) is 4.80. The number of ether oxygens (including phenoxy) is 2. The largest absolute Gasteiger partial charge is 0.469 e. The minimum Gasteiger partial charge on any atom is -0.469 e. The first kappa shape index (κ1) is 17.3. The summed E-state index contributed by atoms with van der Waals surface area (Å²) in [6.07, 6.45) is 9.19. The molecule has 22 heavy (non-hydrogen) atoms. The number of carbonyl (C=O) groups excluding carboxylic acids is 2. The SMILES string of the molecule is COC(=O)CCN(CC1CCCO1)C(=O)CC1CCCCC1. The van der Waals surface area contributed by atoms with Gasteiger partial charge in [-0.15, -0.1) is 0 Å². The van der Waals surface area contributed by atoms with Crippen molar-refractivity contribution in [3.05, 3.63) is 0 Å². The van der Waals surface area contributed by atoms with Crippen molar-refractivity contribution in [3.8, 4) is 0 Å². The fraction of sp³-hybridized carbons (Fsp3) is 0.882. The average molecular weight is 311 g/mol. The maximum atomic E-state index is 12.6. The van der Waals surface area contributed by atoms with E-state index in [2.05, 4.69) is 0 Å². The molecule has 5 nitrogen and oxygen atoms in total. The highest BCUT2D eigenvalue weighted by Gasteiger charge is 2.25. The van der Waals surface area contributed by atoms with Gasteiger partial charge >= 0.3 is 5.97 Å². The maximum absolute atomic E-state index is 12.6. The van der Waals surface area contributed by atoms with E-state index in [1.807, 2.05) is 4.90 Å². The lowest BCUT2D eigenvalue weighted by atomic mass is 9.86. The second-order valence-corrected chi connectivity index (χ2v) is 6.51. The minimum absolute atomic E-state index is 0.132. The van der Waals surface area contributed by atoms with E-state index in [1.54, 1.807) is 0 Å². The summed E-state index contributed by atoms with van der Waals surface area (Å²) >= 11 is 0. The van der Waals surface area contributed by atoms with Gasteiger partial charge in [-0.25, -0.2) is 0 Å². The number of esters is 1. The van der Waals surface area contributed by atoms with Crippen molar-refractivity contribution in [2.24, 2.45) is 5.92 Å². The molecule has 126 valence electrons. The monoisotopic (exact) mass is 311 g/mol. The quantitative estimate of drug-likeness (QED) is 0.678. The van der Waals surface area contributed by atoms with Gasteiger partial charge in [0, 0.05) is 26.1 Å². The van der Waals surface area contributed by atoms with Crippen LogP contribution in [0.2, 0.25) is 0 Å². The molecule has 0 spiro atoms. The Kier molecular flexibility index (Phi) is 7.16. The van der Waals surface area contributed by atoms with Crippen LogP contribution in [-0.4, -0.2) is 49.7 Å². The Morgan fingerprint density at radius 3 is 2.55 bits per heavy atom. The zero-order valence-corrected chi connectivity index (χ0v) is 13.7. The Hall–Kier alpha value is -1.10. The lowest BCUT2D eigenvalue weighted by Gasteiger charge is -2.28. The van der Waals surface area contributed by atoms with Crippen molar-refractivity contribution in [2.75, 3.05) is 26.8 Å². The summed E-state index contributed by atoms with van der Waals surface area (Å²) in [4.78, 5) is 25.8. The number of amides is 1. The van der Waals surface area contributed by atoms with Gasteiger partial charge in [0.2, 0.25) is 5.91 Å². The van der Waals surface area contributed by atoms with Gasteiger partial charge in [0.05, 0.1) is 19.6 Å². The van der Waals surface area contributed by atoms with E-state index >= 15 is 0 Å². The van der Waals surface area contributed by atoms with Crippen LogP contribution < -0.4 is 0 Å². The standard InChI is InChI=1S/C17H29NO4/c1-21-17(20)9-10-18(13-15-8-5-11-22-15)16(19)12-14-6-3-2-4-7-14/h14-15H,2-13H2,1H3. The molecule has 5 heteroatoms. The number of nitrogens with zero attached hydrogens (tertiary/aromatic N) is 1. The number of methoxy groups -OCH3 is 1.